The molecule has 2 aromatic carbocycles. The second-order valence-electron chi connectivity index (χ2n) is 12.5. The highest BCUT2D eigenvalue weighted by molar-refractivity contribution is 7.85. The largest absolute Gasteiger partial charge is 0.444 e. The van der Waals surface area contributed by atoms with E-state index in [0.717, 1.165) is 12.1 Å². The van der Waals surface area contributed by atoms with Crippen molar-refractivity contribution in [2.45, 2.75) is 95.3 Å². The standard InChI is InChI=1S/C30H35F7N2O4S/c1-17(19-12-20(29(32,33)34)14-21(13-19)30(35,36)37)42-24-16-39(26(40)43-27(2,3)4)23(15-38-44(41)28(5,6)7)25(24)18-8-10-22(31)11-9-18/h8-15,17,23-25H,16H2,1-7H3/t17-,23+,24+,25+,44?/m1/s1. The third-order valence-electron chi connectivity index (χ3n) is 6.68. The average molecular weight is 653 g/mol. The molecule has 0 saturated carbocycles. The van der Waals surface area contributed by atoms with Gasteiger partial charge in [-0.05, 0) is 89.9 Å². The molecular weight excluding hydrogens is 617 g/mol. The molecule has 0 radical (unpaired) electrons. The molecule has 2 aromatic rings. The number of alkyl halides is 6. The van der Waals surface area contributed by atoms with E-state index in [1.54, 1.807) is 41.5 Å². The quantitative estimate of drug-likeness (QED) is 0.233. The molecule has 0 N–H and O–H groups in total. The van der Waals surface area contributed by atoms with Gasteiger partial charge in [0, 0.05) is 12.1 Å². The smallest absolute Gasteiger partial charge is 0.416 e. The Bertz CT molecular complexity index is 1350. The van der Waals surface area contributed by atoms with Crippen molar-refractivity contribution < 1.29 is 49.2 Å². The van der Waals surface area contributed by atoms with Gasteiger partial charge in [-0.2, -0.15) is 30.7 Å². The Morgan fingerprint density at radius 2 is 1.48 bits per heavy atom. The third-order valence-corrected chi connectivity index (χ3v) is 8.04. The Labute approximate surface area is 254 Å². The molecule has 0 spiro atoms. The van der Waals surface area contributed by atoms with Crippen LogP contribution in [0.25, 0.3) is 0 Å². The number of nitrogens with zero attached hydrogens (tertiary/aromatic N) is 2. The highest BCUT2D eigenvalue weighted by Gasteiger charge is 2.47. The number of likely N-dealkylation sites (tertiary alicyclic amines) is 1. The number of rotatable bonds is 6. The minimum atomic E-state index is -5.06. The predicted octanol–water partition coefficient (Wildman–Crippen LogP) is 8.25. The fraction of sp³-hybridized carbons (Fsp3) is 0.533. The molecule has 1 aliphatic heterocycles. The van der Waals surface area contributed by atoms with Gasteiger partial charge in [-0.25, -0.2) is 13.4 Å². The van der Waals surface area contributed by atoms with Gasteiger partial charge in [-0.15, -0.1) is 0 Å². The summed E-state index contributed by atoms with van der Waals surface area (Å²) >= 11 is 0. The first-order valence-corrected chi connectivity index (χ1v) is 14.7. The molecule has 3 rings (SSSR count). The molecule has 1 amide bonds. The van der Waals surface area contributed by atoms with E-state index in [1.807, 2.05) is 0 Å². The molecule has 0 bridgehead atoms. The van der Waals surface area contributed by atoms with Crippen LogP contribution in [0.2, 0.25) is 0 Å². The van der Waals surface area contributed by atoms with Crippen LogP contribution in [0.1, 0.15) is 82.7 Å². The van der Waals surface area contributed by atoms with Gasteiger partial charge in [0.1, 0.15) is 22.4 Å². The first kappa shape index (κ1) is 35.5. The van der Waals surface area contributed by atoms with Gasteiger partial charge in [-0.3, -0.25) is 4.90 Å². The van der Waals surface area contributed by atoms with Crippen molar-refractivity contribution >= 4 is 23.3 Å². The van der Waals surface area contributed by atoms with Crippen molar-refractivity contribution in [3.8, 4) is 0 Å². The molecule has 6 nitrogen and oxygen atoms in total. The van der Waals surface area contributed by atoms with Crippen LogP contribution in [-0.4, -0.2) is 50.5 Å². The van der Waals surface area contributed by atoms with Crippen molar-refractivity contribution in [2.24, 2.45) is 4.40 Å². The summed E-state index contributed by atoms with van der Waals surface area (Å²) in [5, 5.41) is 0. The third kappa shape index (κ3) is 9.02. The van der Waals surface area contributed by atoms with Crippen LogP contribution in [0.5, 0.6) is 0 Å². The zero-order valence-electron chi connectivity index (χ0n) is 25.2. The van der Waals surface area contributed by atoms with Crippen molar-refractivity contribution in [3.63, 3.8) is 0 Å². The maximum absolute atomic E-state index is 13.9. The van der Waals surface area contributed by atoms with Crippen LogP contribution in [0, 0.1) is 5.82 Å². The number of halogens is 7. The summed E-state index contributed by atoms with van der Waals surface area (Å²) < 4.78 is 123. The Balaban J connectivity index is 2.12. The van der Waals surface area contributed by atoms with Gasteiger partial charge in [0.2, 0.25) is 0 Å². The average Bonchev–Trinajstić information content (AvgIpc) is 3.22. The highest BCUT2D eigenvalue weighted by atomic mass is 32.2. The molecule has 44 heavy (non-hydrogen) atoms. The van der Waals surface area contributed by atoms with E-state index in [4.69, 9.17) is 9.47 Å². The molecular formula is C30H35F7N2O4S. The molecule has 1 heterocycles. The van der Waals surface area contributed by atoms with Gasteiger partial charge >= 0.3 is 18.4 Å². The lowest BCUT2D eigenvalue weighted by Crippen LogP contribution is -2.42. The van der Waals surface area contributed by atoms with E-state index < -0.39 is 80.9 Å². The summed E-state index contributed by atoms with van der Waals surface area (Å²) in [6, 6.07) is 5.38. The van der Waals surface area contributed by atoms with E-state index in [2.05, 4.69) is 4.40 Å². The number of carbonyl (C=O) groups is 1. The molecule has 1 fully saturated rings. The van der Waals surface area contributed by atoms with Gasteiger partial charge in [0.05, 0.1) is 40.7 Å². The molecule has 244 valence electrons. The van der Waals surface area contributed by atoms with Crippen LogP contribution in [0.15, 0.2) is 46.9 Å². The normalized spacial score (nSPS) is 21.5. The minimum absolute atomic E-state index is 0.0270. The second kappa shape index (κ2) is 12.8. The van der Waals surface area contributed by atoms with E-state index in [0.29, 0.717) is 17.7 Å². The summed E-state index contributed by atoms with van der Waals surface area (Å²) in [4.78, 5) is 14.6. The molecule has 1 saturated heterocycles. The number of carbonyl (C=O) groups excluding carboxylic acids is 1. The molecule has 14 heteroatoms. The topological polar surface area (TPSA) is 68.2 Å². The van der Waals surface area contributed by atoms with Gasteiger partial charge in [-0.1, -0.05) is 12.1 Å². The molecule has 0 aromatic heterocycles. The summed E-state index contributed by atoms with van der Waals surface area (Å²) in [6.45, 7) is 11.1. The summed E-state index contributed by atoms with van der Waals surface area (Å²) in [7, 11) is -1.75. The Morgan fingerprint density at radius 1 is 0.955 bits per heavy atom. The van der Waals surface area contributed by atoms with Gasteiger partial charge in [0.15, 0.2) is 0 Å². The Hall–Kier alpha value is -3.00. The fourth-order valence-corrected chi connectivity index (χ4v) is 5.14. The monoisotopic (exact) mass is 652 g/mol. The lowest BCUT2D eigenvalue weighted by atomic mass is 9.90. The summed E-state index contributed by atoms with van der Waals surface area (Å²) in [5.41, 5.74) is -3.88. The van der Waals surface area contributed by atoms with Crippen molar-refractivity contribution in [2.75, 3.05) is 6.54 Å². The summed E-state index contributed by atoms with van der Waals surface area (Å²) in [6.07, 6.45) is -12.0. The highest BCUT2D eigenvalue weighted by Crippen LogP contribution is 2.41. The Morgan fingerprint density at radius 3 is 1.93 bits per heavy atom. The zero-order chi connectivity index (χ0) is 33.4. The van der Waals surface area contributed by atoms with Crippen LogP contribution >= 0.6 is 0 Å². The first-order valence-electron chi connectivity index (χ1n) is 13.6. The van der Waals surface area contributed by atoms with Crippen LogP contribution in [0.3, 0.4) is 0 Å². The van der Waals surface area contributed by atoms with E-state index >= 15 is 0 Å². The van der Waals surface area contributed by atoms with Crippen molar-refractivity contribution in [1.82, 2.24) is 4.90 Å². The lowest BCUT2D eigenvalue weighted by Gasteiger charge is -2.29. The van der Waals surface area contributed by atoms with Gasteiger partial charge in [0.25, 0.3) is 0 Å². The number of amides is 1. The fourth-order valence-electron chi connectivity index (χ4n) is 4.59. The second-order valence-corrected chi connectivity index (χ2v) is 14.4. The maximum atomic E-state index is 13.9. The lowest BCUT2D eigenvalue weighted by molar-refractivity contribution is -0.143. The Kier molecular flexibility index (Phi) is 10.3. The molecule has 0 aliphatic carbocycles. The van der Waals surface area contributed by atoms with E-state index in [9.17, 15) is 39.7 Å². The van der Waals surface area contributed by atoms with Crippen LogP contribution in [0.4, 0.5) is 35.5 Å². The first-order chi connectivity index (χ1) is 20.0. The maximum Gasteiger partial charge on any atom is 0.416 e. The van der Waals surface area contributed by atoms with Gasteiger partial charge < -0.3 is 9.47 Å². The number of hydrogen-bond acceptors (Lipinski definition) is 4. The SMILES string of the molecule is C[C@@H](O[C@H]1CN(C(=O)OC(C)(C)C)[C@@H](C=NS(=O)C(C)(C)C)[C@@H]1c1ccc(F)cc1)c1cc(C(F)(F)F)cc(C(F)(F)F)c1. The van der Waals surface area contributed by atoms with Crippen LogP contribution < -0.4 is 0 Å². The predicted molar refractivity (Wildman–Crippen MR) is 152 cm³/mol. The van der Waals surface area contributed by atoms with Crippen LogP contribution in [-0.2, 0) is 32.8 Å². The molecule has 1 unspecified atom stereocenters. The van der Waals surface area contributed by atoms with E-state index in [1.165, 1.54) is 30.2 Å². The molecule has 5 atom stereocenters. The molecule has 1 aliphatic rings. The number of hydrogen-bond donors (Lipinski definition) is 0. The summed E-state index contributed by atoms with van der Waals surface area (Å²) in [5.74, 6) is -1.41. The van der Waals surface area contributed by atoms with Crippen molar-refractivity contribution in [1.29, 1.82) is 0 Å². The number of benzene rings is 2. The number of ether oxygens (including phenoxy) is 2. The minimum Gasteiger partial charge on any atom is -0.444 e. The van der Waals surface area contributed by atoms with Crippen molar-refractivity contribution in [3.05, 3.63) is 70.5 Å². The zero-order valence-corrected chi connectivity index (χ0v) is 26.0. The van der Waals surface area contributed by atoms with E-state index in [-0.39, 0.29) is 18.2 Å².